The highest BCUT2D eigenvalue weighted by Crippen LogP contribution is 2.67. The number of carbonyl (C=O) groups excluding carboxylic acids is 1. The summed E-state index contributed by atoms with van der Waals surface area (Å²) in [7, 11) is 0. The van der Waals surface area contributed by atoms with Gasteiger partial charge in [0, 0.05) is 60.4 Å². The lowest BCUT2D eigenvalue weighted by atomic mass is 9.75. The molecule has 1 unspecified atom stereocenters. The highest BCUT2D eigenvalue weighted by molar-refractivity contribution is 6.08. The van der Waals surface area contributed by atoms with Crippen molar-refractivity contribution in [3.63, 3.8) is 0 Å². The molecule has 208 valence electrons. The highest BCUT2D eigenvalue weighted by atomic mass is 19.1. The van der Waals surface area contributed by atoms with E-state index < -0.39 is 0 Å². The van der Waals surface area contributed by atoms with Crippen LogP contribution in [0.1, 0.15) is 81.2 Å². The van der Waals surface area contributed by atoms with Crippen molar-refractivity contribution in [1.29, 1.82) is 0 Å². The number of halogens is 1. The zero-order valence-corrected chi connectivity index (χ0v) is 23.5. The van der Waals surface area contributed by atoms with Crippen LogP contribution in [0.4, 0.5) is 10.2 Å². The van der Waals surface area contributed by atoms with Crippen LogP contribution >= 0.6 is 0 Å². The van der Waals surface area contributed by atoms with Crippen LogP contribution in [0, 0.1) is 41.8 Å². The minimum atomic E-state index is -0.343. The Kier molecular flexibility index (Phi) is 5.51. The van der Waals surface area contributed by atoms with Gasteiger partial charge in [-0.2, -0.15) is 0 Å². The first-order chi connectivity index (χ1) is 19.9. The van der Waals surface area contributed by atoms with Gasteiger partial charge in [-0.1, -0.05) is 0 Å². The molecule has 1 amide bonds. The second-order valence-corrected chi connectivity index (χ2v) is 13.1. The molecule has 41 heavy (non-hydrogen) atoms. The van der Waals surface area contributed by atoms with Crippen molar-refractivity contribution >= 4 is 34.4 Å². The number of amides is 1. The summed E-state index contributed by atoms with van der Waals surface area (Å²) in [5, 5.41) is 7.36. The summed E-state index contributed by atoms with van der Waals surface area (Å²) in [5.41, 5.74) is 5.36. The smallest absolute Gasteiger partial charge is 0.309 e. The summed E-state index contributed by atoms with van der Waals surface area (Å²) in [6.45, 7) is 3.87. The van der Waals surface area contributed by atoms with E-state index in [1.807, 2.05) is 26.0 Å². The number of aromatic nitrogens is 4. The molecule has 0 radical (unpaired) electrons. The summed E-state index contributed by atoms with van der Waals surface area (Å²) in [6.07, 6.45) is 16.9. The molecule has 0 aromatic carbocycles. The topological polar surface area (TPSA) is 86.3 Å². The Balaban J connectivity index is 1.01. The molecule has 3 aromatic heterocycles. The molecular formula is C33H34FN6O+. The normalized spacial score (nSPS) is 30.2. The maximum Gasteiger partial charge on any atom is 0.316 e. The number of anilines is 1. The van der Waals surface area contributed by atoms with E-state index in [0.29, 0.717) is 35.0 Å². The van der Waals surface area contributed by atoms with E-state index in [1.165, 1.54) is 49.2 Å². The number of allylic oxidation sites excluding steroid dienone is 3. The number of carbonyl (C=O) groups is 1. The lowest BCUT2D eigenvalue weighted by Gasteiger charge is -2.29. The minimum absolute atomic E-state index is 0.0238. The van der Waals surface area contributed by atoms with Gasteiger partial charge in [0.2, 0.25) is 5.91 Å². The molecule has 4 aliphatic carbocycles. The Morgan fingerprint density at radius 2 is 1.88 bits per heavy atom. The van der Waals surface area contributed by atoms with E-state index in [-0.39, 0.29) is 23.6 Å². The van der Waals surface area contributed by atoms with Gasteiger partial charge in [0.1, 0.15) is 11.6 Å². The van der Waals surface area contributed by atoms with Crippen LogP contribution in [0.25, 0.3) is 11.1 Å². The van der Waals surface area contributed by atoms with E-state index in [4.69, 9.17) is 0 Å². The second kappa shape index (κ2) is 9.07. The molecule has 1 N–H and O–H groups in total. The predicted octanol–water partition coefficient (Wildman–Crippen LogP) is 5.44. The fourth-order valence-electron chi connectivity index (χ4n) is 7.44. The second-order valence-electron chi connectivity index (χ2n) is 13.1. The van der Waals surface area contributed by atoms with Crippen molar-refractivity contribution < 1.29 is 9.18 Å². The Bertz CT molecular complexity index is 1730. The number of fused-ring (bicyclic) bond motifs is 1. The van der Waals surface area contributed by atoms with Crippen molar-refractivity contribution in [2.24, 2.45) is 29.1 Å². The number of hydrogen-bond donors (Lipinski definition) is 1. The number of rotatable bonds is 6. The zero-order valence-electron chi connectivity index (χ0n) is 23.5. The van der Waals surface area contributed by atoms with Gasteiger partial charge in [-0.05, 0) is 91.8 Å². The molecule has 5 aliphatic rings. The maximum absolute atomic E-state index is 15.7. The predicted molar refractivity (Wildman–Crippen MR) is 156 cm³/mol. The lowest BCUT2D eigenvalue weighted by Crippen LogP contribution is -2.19. The van der Waals surface area contributed by atoms with Gasteiger partial charge in [-0.15, -0.1) is 5.10 Å². The monoisotopic (exact) mass is 549 g/mol. The highest BCUT2D eigenvalue weighted by Gasteiger charge is 2.59. The van der Waals surface area contributed by atoms with Crippen LogP contribution in [0.3, 0.4) is 0 Å². The quantitative estimate of drug-likeness (QED) is 0.415. The lowest BCUT2D eigenvalue weighted by molar-refractivity contribution is -0.117. The number of hydrogen-bond acceptors (Lipinski definition) is 4. The summed E-state index contributed by atoms with van der Waals surface area (Å²) in [5.74, 6) is 6.11. The van der Waals surface area contributed by atoms with Crippen molar-refractivity contribution in [1.82, 2.24) is 24.3 Å². The van der Waals surface area contributed by atoms with Crippen LogP contribution in [0.2, 0.25) is 0 Å². The Morgan fingerprint density at radius 3 is 2.63 bits per heavy atom. The fourth-order valence-corrected chi connectivity index (χ4v) is 7.44. The third kappa shape index (κ3) is 4.46. The number of pyridine rings is 1. The Labute approximate surface area is 238 Å². The largest absolute Gasteiger partial charge is 0.316 e. The van der Waals surface area contributed by atoms with Gasteiger partial charge in [0.15, 0.2) is 5.82 Å². The van der Waals surface area contributed by atoms with Gasteiger partial charge in [0.25, 0.3) is 0 Å². The van der Waals surface area contributed by atoms with Gasteiger partial charge in [-0.25, -0.2) is 18.9 Å². The number of aryl methyl sites for hydroxylation is 1. The van der Waals surface area contributed by atoms with Gasteiger partial charge in [-0.3, -0.25) is 4.79 Å². The molecule has 1 aliphatic heterocycles. The maximum atomic E-state index is 15.7. The van der Waals surface area contributed by atoms with Gasteiger partial charge in [0.05, 0.1) is 17.3 Å². The first kappa shape index (κ1) is 24.9. The van der Waals surface area contributed by atoms with E-state index in [1.54, 1.807) is 18.5 Å². The van der Waals surface area contributed by atoms with E-state index >= 15 is 4.39 Å². The first-order valence-electron chi connectivity index (χ1n) is 15.0. The van der Waals surface area contributed by atoms with Crippen molar-refractivity contribution in [2.75, 3.05) is 5.32 Å². The molecule has 1 spiro atoms. The number of nitrogens with one attached hydrogen (secondary N) is 1. The third-order valence-corrected chi connectivity index (χ3v) is 10.2. The molecule has 8 rings (SSSR count). The molecule has 4 saturated carbocycles. The van der Waals surface area contributed by atoms with Gasteiger partial charge >= 0.3 is 11.6 Å². The van der Waals surface area contributed by atoms with Crippen LogP contribution in [-0.2, 0) is 4.79 Å². The minimum Gasteiger partial charge on any atom is -0.309 e. The Hall–Kier alpha value is -3.86. The standard InChI is InChI=1S/C33H33FN6O/c1-18-14-36-31(37-15-18)25-12-26(25)32(41)38-30-11-22-10-24(29(34)17-40(22)39-30)23-9-19(2)35-16-27(23)28-13-33(28)7-5-21(6-8-33)20-3-4-20/h9-11,14-15,17,20-21,25-26,28H,3-8,12-13H2,1-2H3/p+1/t21?,25-,26+,28?,33?/m0/s1. The average molecular weight is 550 g/mol. The van der Waals surface area contributed by atoms with Crippen molar-refractivity contribution in [3.8, 4) is 0 Å². The number of nitrogens with zero attached hydrogens (tertiary/aromatic N) is 5. The van der Waals surface area contributed by atoms with Crippen molar-refractivity contribution in [2.45, 2.75) is 71.1 Å². The molecule has 0 saturated heterocycles. The van der Waals surface area contributed by atoms with Crippen LogP contribution in [-0.4, -0.2) is 37.1 Å². The summed E-state index contributed by atoms with van der Waals surface area (Å²) in [4.78, 5) is 21.7. The van der Waals surface area contributed by atoms with E-state index in [2.05, 4.69) is 30.9 Å². The van der Waals surface area contributed by atoms with Crippen LogP contribution in [0.15, 0.2) is 42.4 Å². The summed E-state index contributed by atoms with van der Waals surface area (Å²) < 4.78 is 21.7. The van der Waals surface area contributed by atoms with Gasteiger partial charge < -0.3 is 5.32 Å². The molecular weight excluding hydrogens is 515 g/mol. The molecule has 7 nitrogen and oxygen atoms in total. The summed E-state index contributed by atoms with van der Waals surface area (Å²) in [6, 6.07) is 3.64. The zero-order chi connectivity index (χ0) is 27.9. The SMILES string of the molecule is CC1=[N+]=C=C(C2CC23CCC(C2CC2)CC3)C(c2cc3cc(NC(=O)[C@@H]4C[C@@H]4c4ncc(C)cn4)nn3cc2F)=C1. The molecule has 4 fully saturated rings. The van der Waals surface area contributed by atoms with E-state index in [0.717, 1.165) is 46.2 Å². The molecule has 4 heterocycles. The summed E-state index contributed by atoms with van der Waals surface area (Å²) >= 11 is 0. The third-order valence-electron chi connectivity index (χ3n) is 10.2. The van der Waals surface area contributed by atoms with E-state index in [9.17, 15) is 4.79 Å². The van der Waals surface area contributed by atoms with Crippen LogP contribution < -0.4 is 9.98 Å². The molecule has 3 aromatic rings. The molecule has 0 bridgehead atoms. The molecule has 8 heteroatoms. The van der Waals surface area contributed by atoms with Crippen LogP contribution in [0.5, 0.6) is 0 Å². The average Bonchev–Trinajstić information content (AvgIpc) is 3.87. The van der Waals surface area contributed by atoms with Crippen molar-refractivity contribution in [3.05, 3.63) is 65.1 Å². The first-order valence-corrected chi connectivity index (χ1v) is 15.0. The molecule has 3 atom stereocenters. The Morgan fingerprint density at radius 1 is 1.12 bits per heavy atom. The fraction of sp³-hybridized carbons (Fsp3) is 0.485.